The number of hydrogen-bond acceptors (Lipinski definition) is 4. The van der Waals surface area contributed by atoms with Gasteiger partial charge < -0.3 is 9.30 Å². The lowest BCUT2D eigenvalue weighted by Crippen LogP contribution is -2.27. The van der Waals surface area contributed by atoms with Crippen LogP contribution in [0.5, 0.6) is 5.75 Å². The first kappa shape index (κ1) is 24.1. The molecular weight excluding hydrogens is 481 g/mol. The van der Waals surface area contributed by atoms with Gasteiger partial charge in [-0.25, -0.2) is 0 Å². The van der Waals surface area contributed by atoms with Crippen LogP contribution in [0, 0.1) is 13.8 Å². The summed E-state index contributed by atoms with van der Waals surface area (Å²) in [5.74, 6) is 0.456. The molecule has 1 fully saturated rings. The molecule has 0 radical (unpaired) electrons. The van der Waals surface area contributed by atoms with Gasteiger partial charge >= 0.3 is 6.18 Å². The van der Waals surface area contributed by atoms with Crippen LogP contribution in [0.2, 0.25) is 0 Å². The van der Waals surface area contributed by atoms with Crippen molar-refractivity contribution < 1.29 is 22.7 Å². The van der Waals surface area contributed by atoms with Crippen LogP contribution in [-0.4, -0.2) is 21.4 Å². The molecule has 176 valence electrons. The predicted molar refractivity (Wildman–Crippen MR) is 134 cm³/mol. The second-order valence-electron chi connectivity index (χ2n) is 7.65. The van der Waals surface area contributed by atoms with Crippen LogP contribution in [0.15, 0.2) is 59.5 Å². The van der Waals surface area contributed by atoms with E-state index in [4.69, 9.17) is 17.0 Å². The second-order valence-corrected chi connectivity index (χ2v) is 9.33. The zero-order chi connectivity index (χ0) is 24.6. The van der Waals surface area contributed by atoms with E-state index in [0.717, 1.165) is 29.1 Å². The minimum atomic E-state index is -4.43. The third-order valence-electron chi connectivity index (χ3n) is 5.39. The number of halogens is 3. The molecule has 34 heavy (non-hydrogen) atoms. The highest BCUT2D eigenvalue weighted by atomic mass is 32.2. The summed E-state index contributed by atoms with van der Waals surface area (Å²) < 4.78 is 47.2. The Bertz CT molecular complexity index is 1290. The number of thiocarbonyl (C=S) groups is 1. The summed E-state index contributed by atoms with van der Waals surface area (Å²) in [6, 6.07) is 14.1. The van der Waals surface area contributed by atoms with E-state index >= 15 is 0 Å². The van der Waals surface area contributed by atoms with Gasteiger partial charge in [0.25, 0.3) is 5.91 Å². The fraction of sp³-hybridized carbons (Fsp3) is 0.200. The Morgan fingerprint density at radius 1 is 1.06 bits per heavy atom. The van der Waals surface area contributed by atoms with Gasteiger partial charge in [-0.15, -0.1) is 0 Å². The maximum atomic E-state index is 13.2. The van der Waals surface area contributed by atoms with Crippen molar-refractivity contribution in [1.82, 2.24) is 4.57 Å². The van der Waals surface area contributed by atoms with Gasteiger partial charge in [-0.1, -0.05) is 30.0 Å². The number of anilines is 1. The van der Waals surface area contributed by atoms with E-state index in [1.165, 1.54) is 22.7 Å². The highest BCUT2D eigenvalue weighted by Crippen LogP contribution is 2.38. The van der Waals surface area contributed by atoms with E-state index in [9.17, 15) is 18.0 Å². The number of thioether (sulfide) groups is 1. The van der Waals surface area contributed by atoms with Crippen molar-refractivity contribution in [2.75, 3.05) is 11.5 Å². The topological polar surface area (TPSA) is 34.5 Å². The molecule has 1 aliphatic rings. The number of hydrogen-bond donors (Lipinski definition) is 0. The predicted octanol–water partition coefficient (Wildman–Crippen LogP) is 6.92. The summed E-state index contributed by atoms with van der Waals surface area (Å²) in [5.41, 5.74) is 2.56. The van der Waals surface area contributed by atoms with Crippen LogP contribution >= 0.6 is 24.0 Å². The van der Waals surface area contributed by atoms with Crippen molar-refractivity contribution >= 4 is 46.0 Å². The number of amides is 1. The van der Waals surface area contributed by atoms with Crippen molar-refractivity contribution in [2.24, 2.45) is 0 Å². The molecule has 0 saturated carbocycles. The lowest BCUT2D eigenvalue weighted by atomic mass is 10.2. The molecule has 0 atom stereocenters. The molecule has 9 heteroatoms. The molecule has 3 aromatic rings. The fourth-order valence-corrected chi connectivity index (χ4v) is 5.13. The maximum Gasteiger partial charge on any atom is 0.416 e. The molecule has 1 amide bonds. The third-order valence-corrected chi connectivity index (χ3v) is 6.69. The smallest absolute Gasteiger partial charge is 0.416 e. The number of alkyl halides is 3. The number of aromatic nitrogens is 1. The highest BCUT2D eigenvalue weighted by molar-refractivity contribution is 8.27. The molecule has 0 bridgehead atoms. The molecule has 0 N–H and O–H groups in total. The Balaban J connectivity index is 1.65. The summed E-state index contributed by atoms with van der Waals surface area (Å²) in [7, 11) is 0. The standard InChI is InChI=1S/C25H21F3N2O2S2/c1-4-32-21-10-8-19(9-11-21)30-23(31)22(34-24(30)33)13-17-12-15(2)29(16(17)3)20-7-5-6-18(14-20)25(26,27)28/h5-14H,4H2,1-3H3. The zero-order valence-electron chi connectivity index (χ0n) is 18.6. The van der Waals surface area contributed by atoms with Crippen molar-refractivity contribution in [1.29, 1.82) is 0 Å². The summed E-state index contributed by atoms with van der Waals surface area (Å²) in [6.07, 6.45) is -2.69. The Morgan fingerprint density at radius 2 is 1.76 bits per heavy atom. The monoisotopic (exact) mass is 502 g/mol. The number of benzene rings is 2. The Kier molecular flexibility index (Phi) is 6.60. The van der Waals surface area contributed by atoms with E-state index in [-0.39, 0.29) is 5.91 Å². The molecule has 1 aromatic heterocycles. The Hall–Kier alpha value is -3.04. The van der Waals surface area contributed by atoms with Crippen LogP contribution in [0.25, 0.3) is 11.8 Å². The van der Waals surface area contributed by atoms with Crippen LogP contribution in [0.4, 0.5) is 18.9 Å². The second kappa shape index (κ2) is 9.31. The number of rotatable bonds is 5. The lowest BCUT2D eigenvalue weighted by Gasteiger charge is -2.15. The van der Waals surface area contributed by atoms with E-state index < -0.39 is 11.7 Å². The molecule has 1 saturated heterocycles. The molecule has 0 spiro atoms. The summed E-state index contributed by atoms with van der Waals surface area (Å²) >= 11 is 6.64. The Labute approximate surface area is 205 Å². The molecular formula is C25H21F3N2O2S2. The number of carbonyl (C=O) groups excluding carboxylic acids is 1. The van der Waals surface area contributed by atoms with E-state index in [2.05, 4.69) is 0 Å². The van der Waals surface area contributed by atoms with Gasteiger partial charge in [-0.05, 0) is 80.9 Å². The van der Waals surface area contributed by atoms with Gasteiger partial charge in [0.1, 0.15) is 5.75 Å². The number of carbonyl (C=O) groups is 1. The first-order valence-electron chi connectivity index (χ1n) is 10.5. The van der Waals surface area contributed by atoms with E-state index in [1.807, 2.05) is 26.8 Å². The minimum Gasteiger partial charge on any atom is -0.494 e. The Morgan fingerprint density at radius 3 is 2.41 bits per heavy atom. The van der Waals surface area contributed by atoms with Gasteiger partial charge in [0.2, 0.25) is 0 Å². The molecule has 2 aromatic carbocycles. The summed E-state index contributed by atoms with van der Waals surface area (Å²) in [5, 5.41) is 0. The highest BCUT2D eigenvalue weighted by Gasteiger charge is 2.34. The van der Waals surface area contributed by atoms with Crippen LogP contribution in [-0.2, 0) is 11.0 Å². The molecule has 0 unspecified atom stereocenters. The zero-order valence-corrected chi connectivity index (χ0v) is 20.3. The van der Waals surface area contributed by atoms with E-state index in [0.29, 0.717) is 33.0 Å². The number of ether oxygens (including phenoxy) is 1. The summed E-state index contributed by atoms with van der Waals surface area (Å²) in [4.78, 5) is 15.1. The van der Waals surface area contributed by atoms with Crippen LogP contribution < -0.4 is 9.64 Å². The summed E-state index contributed by atoms with van der Waals surface area (Å²) in [6.45, 7) is 6.06. The normalized spacial score (nSPS) is 15.5. The van der Waals surface area contributed by atoms with Crippen LogP contribution in [0.3, 0.4) is 0 Å². The van der Waals surface area contributed by atoms with Crippen molar-refractivity contribution in [3.8, 4) is 11.4 Å². The van der Waals surface area contributed by atoms with Crippen molar-refractivity contribution in [3.63, 3.8) is 0 Å². The number of nitrogens with zero attached hydrogens (tertiary/aromatic N) is 2. The van der Waals surface area contributed by atoms with Crippen molar-refractivity contribution in [2.45, 2.75) is 26.9 Å². The van der Waals surface area contributed by atoms with Gasteiger partial charge in [0, 0.05) is 17.1 Å². The van der Waals surface area contributed by atoms with Crippen molar-refractivity contribution in [3.05, 3.63) is 82.0 Å². The van der Waals surface area contributed by atoms with Gasteiger partial charge in [-0.2, -0.15) is 13.2 Å². The van der Waals surface area contributed by atoms with Crippen LogP contribution in [0.1, 0.15) is 29.4 Å². The number of aryl methyl sites for hydroxylation is 1. The maximum absolute atomic E-state index is 13.2. The first-order valence-corrected chi connectivity index (χ1v) is 11.7. The fourth-order valence-electron chi connectivity index (χ4n) is 3.84. The molecule has 4 rings (SSSR count). The SMILES string of the molecule is CCOc1ccc(N2C(=O)C(=Cc3cc(C)n(-c4cccc(C(F)(F)F)c4)c3C)SC2=S)cc1. The lowest BCUT2D eigenvalue weighted by molar-refractivity contribution is -0.137. The van der Waals surface area contributed by atoms with Gasteiger partial charge in [-0.3, -0.25) is 9.69 Å². The first-order chi connectivity index (χ1) is 16.1. The molecule has 2 heterocycles. The average molecular weight is 503 g/mol. The average Bonchev–Trinajstić information content (AvgIpc) is 3.22. The molecule has 1 aliphatic heterocycles. The molecule has 4 nitrogen and oxygen atoms in total. The third kappa shape index (κ3) is 4.63. The minimum absolute atomic E-state index is 0.247. The van der Waals surface area contributed by atoms with Gasteiger partial charge in [0.05, 0.1) is 22.8 Å². The quantitative estimate of drug-likeness (QED) is 0.280. The largest absolute Gasteiger partial charge is 0.494 e. The van der Waals surface area contributed by atoms with Gasteiger partial charge in [0.15, 0.2) is 4.32 Å². The molecule has 0 aliphatic carbocycles. The van der Waals surface area contributed by atoms with E-state index in [1.54, 1.807) is 41.0 Å².